The largest absolute Gasteiger partial charge is 0.310 e. The van der Waals surface area contributed by atoms with Gasteiger partial charge in [-0.25, -0.2) is 15.0 Å². The van der Waals surface area contributed by atoms with Crippen LogP contribution < -0.4 is 4.90 Å². The summed E-state index contributed by atoms with van der Waals surface area (Å²) in [7, 11) is 0. The first kappa shape index (κ1) is 29.7. The Labute approximate surface area is 302 Å². The van der Waals surface area contributed by atoms with Gasteiger partial charge in [-0.1, -0.05) is 115 Å². The maximum absolute atomic E-state index is 5.08. The molecule has 10 rings (SSSR count). The summed E-state index contributed by atoms with van der Waals surface area (Å²) in [6.45, 7) is 0. The van der Waals surface area contributed by atoms with E-state index < -0.39 is 0 Å². The lowest BCUT2D eigenvalue weighted by Gasteiger charge is -2.25. The van der Waals surface area contributed by atoms with Crippen molar-refractivity contribution in [3.05, 3.63) is 170 Å². The molecule has 0 N–H and O–H groups in total. The molecule has 0 saturated heterocycles. The first-order valence-corrected chi connectivity index (χ1v) is 18.5. The maximum atomic E-state index is 5.08. The van der Waals surface area contributed by atoms with E-state index in [1.165, 1.54) is 35.0 Å². The van der Waals surface area contributed by atoms with Crippen LogP contribution in [0.15, 0.2) is 170 Å². The third-order valence-electron chi connectivity index (χ3n) is 9.31. The van der Waals surface area contributed by atoms with Gasteiger partial charge in [0.1, 0.15) is 0 Å². The molecule has 0 atom stereocenters. The molecule has 7 aromatic carbocycles. The summed E-state index contributed by atoms with van der Waals surface area (Å²) in [6.07, 6.45) is 0. The van der Waals surface area contributed by atoms with Gasteiger partial charge in [-0.15, -0.1) is 22.7 Å². The van der Waals surface area contributed by atoms with Gasteiger partial charge < -0.3 is 4.90 Å². The van der Waals surface area contributed by atoms with Gasteiger partial charge in [-0.2, -0.15) is 0 Å². The highest BCUT2D eigenvalue weighted by molar-refractivity contribution is 7.26. The molecular weight excluding hydrogens is 661 g/mol. The molecular formula is C45H28N4S2. The number of benzene rings is 7. The fourth-order valence-electron chi connectivity index (χ4n) is 6.95. The second kappa shape index (κ2) is 12.3. The quantitative estimate of drug-likeness (QED) is 0.174. The van der Waals surface area contributed by atoms with Crippen LogP contribution in [0.1, 0.15) is 0 Å². The number of hydrogen-bond acceptors (Lipinski definition) is 6. The molecule has 0 aliphatic rings. The molecule has 6 heteroatoms. The molecule has 0 unspecified atom stereocenters. The SMILES string of the molecule is c1ccc(-c2nc(-c3ccccc3)nc(-c3cccc4sc5cc(N(c6ccccc6)c6ccc7sc8ccccc8c7c6)ccc5c34)n2)cc1. The Hall–Kier alpha value is -6.21. The number of anilines is 3. The minimum Gasteiger partial charge on any atom is -0.310 e. The number of nitrogens with zero attached hydrogens (tertiary/aromatic N) is 4. The molecule has 0 spiro atoms. The Kier molecular flexibility index (Phi) is 7.15. The smallest absolute Gasteiger partial charge is 0.164 e. The minimum atomic E-state index is 0.659. The summed E-state index contributed by atoms with van der Waals surface area (Å²) in [5.74, 6) is 1.98. The van der Waals surface area contributed by atoms with Gasteiger partial charge >= 0.3 is 0 Å². The number of para-hydroxylation sites is 1. The van der Waals surface area contributed by atoms with Gasteiger partial charge in [0.2, 0.25) is 0 Å². The van der Waals surface area contributed by atoms with Crippen LogP contribution in [-0.2, 0) is 0 Å². The van der Waals surface area contributed by atoms with Crippen molar-refractivity contribution < 1.29 is 0 Å². The number of thiophene rings is 2. The molecule has 51 heavy (non-hydrogen) atoms. The number of rotatable bonds is 6. The van der Waals surface area contributed by atoms with E-state index >= 15 is 0 Å². The van der Waals surface area contributed by atoms with Crippen LogP contribution in [-0.4, -0.2) is 15.0 Å². The molecule has 3 heterocycles. The molecule has 0 amide bonds. The zero-order valence-corrected chi connectivity index (χ0v) is 28.9. The third-order valence-corrected chi connectivity index (χ3v) is 11.6. The Morgan fingerprint density at radius 3 is 1.67 bits per heavy atom. The summed E-state index contributed by atoms with van der Waals surface area (Å²) in [5.41, 5.74) is 6.27. The van der Waals surface area contributed by atoms with Crippen molar-refractivity contribution in [2.75, 3.05) is 4.90 Å². The molecule has 240 valence electrons. The molecule has 0 saturated carbocycles. The van der Waals surface area contributed by atoms with E-state index in [4.69, 9.17) is 15.0 Å². The average molecular weight is 689 g/mol. The summed E-state index contributed by atoms with van der Waals surface area (Å²) < 4.78 is 5.01. The topological polar surface area (TPSA) is 41.9 Å². The highest BCUT2D eigenvalue weighted by Crippen LogP contribution is 2.45. The van der Waals surface area contributed by atoms with E-state index in [2.05, 4.69) is 114 Å². The van der Waals surface area contributed by atoms with Crippen LogP contribution >= 0.6 is 22.7 Å². The van der Waals surface area contributed by atoms with E-state index in [-0.39, 0.29) is 0 Å². The highest BCUT2D eigenvalue weighted by atomic mass is 32.1. The molecule has 0 radical (unpaired) electrons. The fourth-order valence-corrected chi connectivity index (χ4v) is 9.20. The number of hydrogen-bond donors (Lipinski definition) is 0. The van der Waals surface area contributed by atoms with Crippen molar-refractivity contribution in [2.24, 2.45) is 0 Å². The monoisotopic (exact) mass is 688 g/mol. The van der Waals surface area contributed by atoms with Crippen molar-refractivity contribution in [3.63, 3.8) is 0 Å². The van der Waals surface area contributed by atoms with Gasteiger partial charge in [0.15, 0.2) is 17.5 Å². The zero-order chi connectivity index (χ0) is 33.7. The molecule has 10 aromatic rings. The first-order chi connectivity index (χ1) is 25.3. The van der Waals surface area contributed by atoms with Gasteiger partial charge in [0.05, 0.1) is 0 Å². The van der Waals surface area contributed by atoms with Gasteiger partial charge in [0, 0.05) is 74.1 Å². The van der Waals surface area contributed by atoms with Crippen LogP contribution in [0.5, 0.6) is 0 Å². The maximum Gasteiger partial charge on any atom is 0.164 e. The van der Waals surface area contributed by atoms with Gasteiger partial charge in [-0.3, -0.25) is 0 Å². The normalized spacial score (nSPS) is 11.5. The van der Waals surface area contributed by atoms with Crippen molar-refractivity contribution in [1.82, 2.24) is 15.0 Å². The lowest BCUT2D eigenvalue weighted by atomic mass is 10.0. The number of aromatic nitrogens is 3. The van der Waals surface area contributed by atoms with Gasteiger partial charge in [-0.05, 0) is 54.6 Å². The second-order valence-corrected chi connectivity index (χ2v) is 14.6. The molecule has 0 aliphatic heterocycles. The van der Waals surface area contributed by atoms with E-state index in [9.17, 15) is 0 Å². The molecule has 0 bridgehead atoms. The predicted molar refractivity (Wildman–Crippen MR) is 217 cm³/mol. The minimum absolute atomic E-state index is 0.659. The highest BCUT2D eigenvalue weighted by Gasteiger charge is 2.19. The molecule has 0 aliphatic carbocycles. The zero-order valence-electron chi connectivity index (χ0n) is 27.3. The third kappa shape index (κ3) is 5.24. The Morgan fingerprint density at radius 2 is 0.922 bits per heavy atom. The number of fused-ring (bicyclic) bond motifs is 6. The van der Waals surface area contributed by atoms with Gasteiger partial charge in [0.25, 0.3) is 0 Å². The molecule has 4 nitrogen and oxygen atoms in total. The van der Waals surface area contributed by atoms with Crippen LogP contribution in [0.4, 0.5) is 17.1 Å². The van der Waals surface area contributed by atoms with Crippen molar-refractivity contribution >= 4 is 80.1 Å². The van der Waals surface area contributed by atoms with Crippen LogP contribution in [0.2, 0.25) is 0 Å². The summed E-state index contributed by atoms with van der Waals surface area (Å²) >= 11 is 3.65. The lowest BCUT2D eigenvalue weighted by molar-refractivity contribution is 1.08. The first-order valence-electron chi connectivity index (χ1n) is 16.9. The van der Waals surface area contributed by atoms with E-state index in [0.29, 0.717) is 17.5 Å². The second-order valence-electron chi connectivity index (χ2n) is 12.4. The summed E-state index contributed by atoms with van der Waals surface area (Å²) in [4.78, 5) is 17.4. The van der Waals surface area contributed by atoms with Crippen molar-refractivity contribution in [1.29, 1.82) is 0 Å². The fraction of sp³-hybridized carbons (Fsp3) is 0. The Balaban J connectivity index is 1.14. The van der Waals surface area contributed by atoms with E-state index in [1.54, 1.807) is 11.3 Å². The standard InChI is InChI=1S/C45H28N4S2/c1-4-13-29(14-5-1)43-46-44(30-15-6-2-7-16-30)48-45(47-43)36-20-12-22-40-42(36)35-25-23-33(28-41(35)51-40)49(31-17-8-3-9-18-31)32-24-26-39-37(27-32)34-19-10-11-21-38(34)50-39/h1-28H. The average Bonchev–Trinajstić information content (AvgIpc) is 3.77. The molecule has 0 fully saturated rings. The van der Waals surface area contributed by atoms with Crippen molar-refractivity contribution in [2.45, 2.75) is 0 Å². The Morgan fingerprint density at radius 1 is 0.353 bits per heavy atom. The van der Waals surface area contributed by atoms with Crippen LogP contribution in [0.25, 0.3) is 74.5 Å². The van der Waals surface area contributed by atoms with E-state index in [0.717, 1.165) is 39.1 Å². The Bertz CT molecular complexity index is 2810. The van der Waals surface area contributed by atoms with Crippen LogP contribution in [0.3, 0.4) is 0 Å². The van der Waals surface area contributed by atoms with Crippen LogP contribution in [0, 0.1) is 0 Å². The molecule has 3 aromatic heterocycles. The summed E-state index contributed by atoms with van der Waals surface area (Å²) in [6, 6.07) is 59.7. The summed E-state index contributed by atoms with van der Waals surface area (Å²) in [5, 5.41) is 4.92. The predicted octanol–water partition coefficient (Wildman–Crippen LogP) is 13.1. The lowest BCUT2D eigenvalue weighted by Crippen LogP contribution is -2.09. The van der Waals surface area contributed by atoms with Crippen molar-refractivity contribution in [3.8, 4) is 34.2 Å². The van der Waals surface area contributed by atoms with E-state index in [1.807, 2.05) is 72.0 Å².